The van der Waals surface area contributed by atoms with E-state index in [0.717, 1.165) is 18.1 Å². The summed E-state index contributed by atoms with van der Waals surface area (Å²) in [5.74, 6) is -0.739. The van der Waals surface area contributed by atoms with Crippen LogP contribution in [0.15, 0.2) is 48.5 Å². The van der Waals surface area contributed by atoms with E-state index in [0.29, 0.717) is 11.4 Å². The van der Waals surface area contributed by atoms with Crippen molar-refractivity contribution in [3.05, 3.63) is 59.7 Å². The molecule has 2 unspecified atom stereocenters. The van der Waals surface area contributed by atoms with Gasteiger partial charge in [0.1, 0.15) is 11.9 Å². The van der Waals surface area contributed by atoms with E-state index < -0.39 is 24.1 Å². The van der Waals surface area contributed by atoms with Crippen LogP contribution in [0.1, 0.15) is 31.1 Å². The largest absolute Gasteiger partial charge is 0.486 e. The Morgan fingerprint density at radius 3 is 2.44 bits per heavy atom. The molecular weight excluding hydrogens is 348 g/mol. The lowest BCUT2D eigenvalue weighted by atomic mass is 10.1. The molecule has 0 fully saturated rings. The van der Waals surface area contributed by atoms with Gasteiger partial charge in [-0.05, 0) is 50.1 Å². The highest BCUT2D eigenvalue weighted by atomic mass is 16.5. The second kappa shape index (κ2) is 8.55. The molecule has 27 heavy (non-hydrogen) atoms. The molecule has 2 aromatic rings. The quantitative estimate of drug-likeness (QED) is 0.597. The summed E-state index contributed by atoms with van der Waals surface area (Å²) in [6.45, 7) is 4.48. The number of aliphatic hydroxyl groups is 1. The molecule has 144 valence electrons. The van der Waals surface area contributed by atoms with Crippen molar-refractivity contribution in [2.24, 2.45) is 0 Å². The minimum absolute atomic E-state index is 0.119. The van der Waals surface area contributed by atoms with Gasteiger partial charge in [0, 0.05) is 5.69 Å². The maximum Gasteiger partial charge on any atom is 0.337 e. The van der Waals surface area contributed by atoms with Crippen molar-refractivity contribution in [1.82, 2.24) is 5.32 Å². The first-order valence-electron chi connectivity index (χ1n) is 8.52. The standard InChI is InChI=1S/C20H24N2O5/c1-13-11-16(27-14(2)15-7-5-4-6-8-15)9-10-17(13)22-19(25)21-12-20(3,26)18(23)24/h4-11,14,26H,12H2,1-3H3,(H,23,24)(H2,21,22,25). The van der Waals surface area contributed by atoms with Crippen LogP contribution < -0.4 is 15.4 Å². The fourth-order valence-corrected chi connectivity index (χ4v) is 2.34. The summed E-state index contributed by atoms with van der Waals surface area (Å²) in [5, 5.41) is 23.4. The Morgan fingerprint density at radius 2 is 1.85 bits per heavy atom. The molecule has 7 nitrogen and oxygen atoms in total. The number of aryl methyl sites for hydroxylation is 1. The number of carbonyl (C=O) groups is 2. The Hall–Kier alpha value is -3.06. The molecule has 0 radical (unpaired) electrons. The van der Waals surface area contributed by atoms with Gasteiger partial charge in [0.15, 0.2) is 5.60 Å². The zero-order chi connectivity index (χ0) is 20.0. The van der Waals surface area contributed by atoms with Crippen LogP contribution in [0, 0.1) is 6.92 Å². The number of benzene rings is 2. The Labute approximate surface area is 158 Å². The highest BCUT2D eigenvalue weighted by Crippen LogP contribution is 2.26. The van der Waals surface area contributed by atoms with Crippen molar-refractivity contribution in [1.29, 1.82) is 0 Å². The molecule has 0 spiro atoms. The first-order valence-corrected chi connectivity index (χ1v) is 8.52. The predicted octanol–water partition coefficient (Wildman–Crippen LogP) is 3.09. The molecule has 0 bridgehead atoms. The molecule has 0 saturated heterocycles. The maximum absolute atomic E-state index is 11.9. The Morgan fingerprint density at radius 1 is 1.19 bits per heavy atom. The van der Waals surface area contributed by atoms with Gasteiger partial charge >= 0.3 is 12.0 Å². The number of nitrogens with one attached hydrogen (secondary N) is 2. The molecule has 2 rings (SSSR count). The number of carbonyl (C=O) groups excluding carboxylic acids is 1. The lowest BCUT2D eigenvalue weighted by Crippen LogP contribution is -2.47. The average Bonchev–Trinajstić information content (AvgIpc) is 2.63. The van der Waals surface area contributed by atoms with Crippen molar-refractivity contribution < 1.29 is 24.5 Å². The first-order chi connectivity index (χ1) is 12.7. The fraction of sp³-hybridized carbons (Fsp3) is 0.300. The highest BCUT2D eigenvalue weighted by molar-refractivity contribution is 5.90. The number of anilines is 1. The fourth-order valence-electron chi connectivity index (χ4n) is 2.34. The number of aliphatic carboxylic acids is 1. The molecule has 2 amide bonds. The number of carboxylic acids is 1. The minimum Gasteiger partial charge on any atom is -0.486 e. The molecule has 2 aromatic carbocycles. The van der Waals surface area contributed by atoms with Gasteiger partial charge in [-0.2, -0.15) is 0 Å². The van der Waals surface area contributed by atoms with E-state index in [1.54, 1.807) is 12.1 Å². The summed E-state index contributed by atoms with van der Waals surface area (Å²) in [6, 6.07) is 14.5. The van der Waals surface area contributed by atoms with Crippen molar-refractivity contribution >= 4 is 17.7 Å². The summed E-state index contributed by atoms with van der Waals surface area (Å²) in [5.41, 5.74) is 0.370. The van der Waals surface area contributed by atoms with Crippen LogP contribution in [0.5, 0.6) is 5.75 Å². The summed E-state index contributed by atoms with van der Waals surface area (Å²) in [6.07, 6.45) is -0.119. The number of carboxylic acid groups (broad SMARTS) is 1. The lowest BCUT2D eigenvalue weighted by molar-refractivity contribution is -0.155. The minimum atomic E-state index is -2.03. The van der Waals surface area contributed by atoms with Gasteiger partial charge in [0.25, 0.3) is 0 Å². The number of hydrogen-bond donors (Lipinski definition) is 4. The van der Waals surface area contributed by atoms with Gasteiger partial charge < -0.3 is 25.6 Å². The number of ether oxygens (including phenoxy) is 1. The zero-order valence-electron chi connectivity index (χ0n) is 15.5. The van der Waals surface area contributed by atoms with Crippen LogP contribution >= 0.6 is 0 Å². The van der Waals surface area contributed by atoms with Gasteiger partial charge in [0.2, 0.25) is 0 Å². The monoisotopic (exact) mass is 372 g/mol. The average molecular weight is 372 g/mol. The molecule has 2 atom stereocenters. The van der Waals surface area contributed by atoms with Crippen molar-refractivity contribution in [3.8, 4) is 5.75 Å². The second-order valence-electron chi connectivity index (χ2n) is 6.53. The molecule has 0 heterocycles. The van der Waals surface area contributed by atoms with Crippen LogP contribution in [0.25, 0.3) is 0 Å². The van der Waals surface area contributed by atoms with E-state index >= 15 is 0 Å². The maximum atomic E-state index is 11.9. The molecule has 0 aromatic heterocycles. The molecule has 7 heteroatoms. The highest BCUT2D eigenvalue weighted by Gasteiger charge is 2.30. The van der Waals surface area contributed by atoms with E-state index in [1.807, 2.05) is 50.2 Å². The van der Waals surface area contributed by atoms with E-state index in [1.165, 1.54) is 0 Å². The third kappa shape index (κ3) is 5.72. The molecule has 0 aliphatic rings. The van der Waals surface area contributed by atoms with E-state index in [2.05, 4.69) is 10.6 Å². The van der Waals surface area contributed by atoms with E-state index in [-0.39, 0.29) is 6.10 Å². The van der Waals surface area contributed by atoms with Crippen LogP contribution in [-0.4, -0.2) is 34.4 Å². The molecule has 0 aliphatic carbocycles. The summed E-state index contributed by atoms with van der Waals surface area (Å²) in [7, 11) is 0. The van der Waals surface area contributed by atoms with Crippen LogP contribution in [-0.2, 0) is 4.79 Å². The van der Waals surface area contributed by atoms with Crippen molar-refractivity contribution in [3.63, 3.8) is 0 Å². The Bertz CT molecular complexity index is 805. The Kier molecular flexibility index (Phi) is 6.41. The third-order valence-corrected chi connectivity index (χ3v) is 4.08. The molecule has 4 N–H and O–H groups in total. The van der Waals surface area contributed by atoms with Crippen LogP contribution in [0.2, 0.25) is 0 Å². The predicted molar refractivity (Wildman–Crippen MR) is 102 cm³/mol. The number of hydrogen-bond acceptors (Lipinski definition) is 4. The SMILES string of the molecule is Cc1cc(OC(C)c2ccccc2)ccc1NC(=O)NCC(C)(O)C(=O)O. The van der Waals surface area contributed by atoms with Gasteiger partial charge in [-0.15, -0.1) is 0 Å². The summed E-state index contributed by atoms with van der Waals surface area (Å²) >= 11 is 0. The zero-order valence-corrected chi connectivity index (χ0v) is 15.5. The van der Waals surface area contributed by atoms with Crippen LogP contribution in [0.4, 0.5) is 10.5 Å². The first kappa shape index (κ1) is 20.3. The van der Waals surface area contributed by atoms with Crippen LogP contribution in [0.3, 0.4) is 0 Å². The summed E-state index contributed by atoms with van der Waals surface area (Å²) in [4.78, 5) is 22.8. The molecule has 0 aliphatic heterocycles. The van der Waals surface area contributed by atoms with Gasteiger partial charge in [-0.3, -0.25) is 0 Å². The normalized spacial score (nSPS) is 13.9. The number of rotatable bonds is 7. The molecular formula is C20H24N2O5. The van der Waals surface area contributed by atoms with Gasteiger partial charge in [-0.25, -0.2) is 9.59 Å². The second-order valence-corrected chi connectivity index (χ2v) is 6.53. The topological polar surface area (TPSA) is 108 Å². The van der Waals surface area contributed by atoms with Crippen molar-refractivity contribution in [2.75, 3.05) is 11.9 Å². The van der Waals surface area contributed by atoms with E-state index in [9.17, 15) is 14.7 Å². The van der Waals surface area contributed by atoms with Gasteiger partial charge in [-0.1, -0.05) is 30.3 Å². The van der Waals surface area contributed by atoms with Crippen molar-refractivity contribution in [2.45, 2.75) is 32.5 Å². The number of amides is 2. The Balaban J connectivity index is 1.96. The van der Waals surface area contributed by atoms with Gasteiger partial charge in [0.05, 0.1) is 6.54 Å². The third-order valence-electron chi connectivity index (χ3n) is 4.08. The lowest BCUT2D eigenvalue weighted by Gasteiger charge is -2.19. The molecule has 0 saturated carbocycles. The number of urea groups is 1. The smallest absolute Gasteiger partial charge is 0.337 e. The summed E-state index contributed by atoms with van der Waals surface area (Å²) < 4.78 is 5.93. The van der Waals surface area contributed by atoms with E-state index in [4.69, 9.17) is 9.84 Å².